The average Bonchev–Trinajstić information content (AvgIpc) is 2.16. The zero-order chi connectivity index (χ0) is 11.0. The first-order chi connectivity index (χ1) is 6.52. The molecule has 0 rings (SSSR count). The zero-order valence-electron chi connectivity index (χ0n) is 9.34. The van der Waals surface area contributed by atoms with E-state index in [2.05, 4.69) is 11.4 Å². The van der Waals surface area contributed by atoms with Gasteiger partial charge < -0.3 is 5.32 Å². The van der Waals surface area contributed by atoms with Gasteiger partial charge in [0.25, 0.3) is 0 Å². The van der Waals surface area contributed by atoms with Gasteiger partial charge in [-0.15, -0.1) is 0 Å². The van der Waals surface area contributed by atoms with E-state index in [1.54, 1.807) is 6.92 Å². The molecule has 0 aromatic rings. The van der Waals surface area contributed by atoms with E-state index >= 15 is 0 Å². The van der Waals surface area contributed by atoms with Gasteiger partial charge in [0.1, 0.15) is 9.84 Å². The molecule has 0 aliphatic carbocycles. The summed E-state index contributed by atoms with van der Waals surface area (Å²) in [5.74, 6) is 0.530. The molecule has 84 valence electrons. The van der Waals surface area contributed by atoms with E-state index in [9.17, 15) is 8.42 Å². The highest BCUT2D eigenvalue weighted by atomic mass is 32.2. The Kier molecular flexibility index (Phi) is 6.83. The maximum absolute atomic E-state index is 11.2. The van der Waals surface area contributed by atoms with Crippen LogP contribution in [0.2, 0.25) is 0 Å². The molecule has 0 saturated carbocycles. The third kappa shape index (κ3) is 7.09. The van der Waals surface area contributed by atoms with Crippen LogP contribution < -0.4 is 5.32 Å². The summed E-state index contributed by atoms with van der Waals surface area (Å²) in [5, 5.41) is 3.04. The fourth-order valence-electron chi connectivity index (χ4n) is 1.03. The van der Waals surface area contributed by atoms with Crippen molar-refractivity contribution < 1.29 is 8.42 Å². The van der Waals surface area contributed by atoms with Crippen LogP contribution in [-0.4, -0.2) is 33.5 Å². The Labute approximate surface area is 87.5 Å². The average molecular weight is 219 g/mol. The van der Waals surface area contributed by atoms with Gasteiger partial charge >= 0.3 is 0 Å². The fraction of sp³-hybridized carbons (Fsp3) is 0.800. The number of hydrogen-bond donors (Lipinski definition) is 1. The summed E-state index contributed by atoms with van der Waals surface area (Å²) in [5.41, 5.74) is 1.16. The second-order valence-electron chi connectivity index (χ2n) is 3.43. The van der Waals surface area contributed by atoms with Crippen LogP contribution in [0.1, 0.15) is 26.7 Å². The zero-order valence-corrected chi connectivity index (χ0v) is 10.2. The molecule has 0 aromatic carbocycles. The predicted octanol–water partition coefficient (Wildman–Crippen LogP) is 1.37. The maximum Gasteiger partial charge on any atom is 0.150 e. The van der Waals surface area contributed by atoms with Crippen molar-refractivity contribution in [3.8, 4) is 0 Å². The molecule has 0 unspecified atom stereocenters. The summed E-state index contributed by atoms with van der Waals surface area (Å²) in [6, 6.07) is 0. The quantitative estimate of drug-likeness (QED) is 0.519. The summed E-state index contributed by atoms with van der Waals surface area (Å²) in [6.07, 6.45) is 3.73. The minimum Gasteiger partial charge on any atom is -0.319 e. The first-order valence-electron chi connectivity index (χ1n) is 5.02. The van der Waals surface area contributed by atoms with E-state index < -0.39 is 9.84 Å². The van der Waals surface area contributed by atoms with E-state index in [1.807, 2.05) is 14.0 Å². The minimum atomic E-state index is -2.80. The molecule has 0 spiro atoms. The predicted molar refractivity (Wildman–Crippen MR) is 61.2 cm³/mol. The summed E-state index contributed by atoms with van der Waals surface area (Å²) in [6.45, 7) is 4.62. The molecule has 0 aliphatic heterocycles. The number of sulfone groups is 1. The van der Waals surface area contributed by atoms with Gasteiger partial charge in [-0.25, -0.2) is 8.42 Å². The van der Waals surface area contributed by atoms with E-state index in [4.69, 9.17) is 0 Å². The lowest BCUT2D eigenvalue weighted by Gasteiger charge is -2.02. The molecule has 0 aliphatic rings. The van der Waals surface area contributed by atoms with Crippen molar-refractivity contribution in [2.75, 3.05) is 25.1 Å². The fourth-order valence-corrected chi connectivity index (χ4v) is 1.95. The molecule has 0 atom stereocenters. The number of allylic oxidation sites excluding steroid dienone is 1. The van der Waals surface area contributed by atoms with Crippen LogP contribution in [0.5, 0.6) is 0 Å². The number of rotatable bonds is 7. The van der Waals surface area contributed by atoms with Crippen molar-refractivity contribution in [2.24, 2.45) is 0 Å². The Morgan fingerprint density at radius 3 is 2.57 bits per heavy atom. The molecule has 0 amide bonds. The van der Waals surface area contributed by atoms with Gasteiger partial charge in [-0.3, -0.25) is 0 Å². The van der Waals surface area contributed by atoms with Crippen LogP contribution in [0.25, 0.3) is 0 Å². The standard InChI is InChI=1S/C10H21NO2S/c1-4-14(12,13)9-7-10(2)6-5-8-11-3/h6,11H,4-5,7-9H2,1-3H3. The Bertz CT molecular complexity index is 268. The third-order valence-corrected chi connectivity index (χ3v) is 3.84. The molecule has 0 aromatic heterocycles. The molecule has 0 radical (unpaired) electrons. The Hall–Kier alpha value is -0.350. The molecule has 3 nitrogen and oxygen atoms in total. The van der Waals surface area contributed by atoms with Gasteiger partial charge in [0.2, 0.25) is 0 Å². The lowest BCUT2D eigenvalue weighted by atomic mass is 10.2. The molecule has 0 bridgehead atoms. The summed E-state index contributed by atoms with van der Waals surface area (Å²) in [7, 11) is -0.894. The molecule has 0 saturated heterocycles. The second kappa shape index (κ2) is 7.01. The van der Waals surface area contributed by atoms with Gasteiger partial charge in [-0.2, -0.15) is 0 Å². The SMILES string of the molecule is CCS(=O)(=O)CCC(C)=CCCNC. The van der Waals surface area contributed by atoms with Crippen molar-refractivity contribution in [2.45, 2.75) is 26.7 Å². The monoisotopic (exact) mass is 219 g/mol. The van der Waals surface area contributed by atoms with Crippen LogP contribution in [0, 0.1) is 0 Å². The van der Waals surface area contributed by atoms with Crippen LogP contribution in [0.4, 0.5) is 0 Å². The van der Waals surface area contributed by atoms with E-state index in [1.165, 1.54) is 0 Å². The summed E-state index contributed by atoms with van der Waals surface area (Å²) in [4.78, 5) is 0. The molecule has 0 fully saturated rings. The van der Waals surface area contributed by atoms with Gasteiger partial charge in [-0.05, 0) is 33.4 Å². The normalized spacial score (nSPS) is 13.2. The number of nitrogens with one attached hydrogen (secondary N) is 1. The lowest BCUT2D eigenvalue weighted by Crippen LogP contribution is -2.09. The van der Waals surface area contributed by atoms with Crippen LogP contribution in [0.3, 0.4) is 0 Å². The maximum atomic E-state index is 11.2. The Morgan fingerprint density at radius 1 is 1.43 bits per heavy atom. The largest absolute Gasteiger partial charge is 0.319 e. The van der Waals surface area contributed by atoms with E-state index in [0.29, 0.717) is 6.42 Å². The van der Waals surface area contributed by atoms with Crippen molar-refractivity contribution in [3.05, 3.63) is 11.6 Å². The van der Waals surface area contributed by atoms with Gasteiger partial charge in [0.05, 0.1) is 5.75 Å². The lowest BCUT2D eigenvalue weighted by molar-refractivity contribution is 0.596. The topological polar surface area (TPSA) is 46.2 Å². The van der Waals surface area contributed by atoms with E-state index in [-0.39, 0.29) is 11.5 Å². The van der Waals surface area contributed by atoms with E-state index in [0.717, 1.165) is 18.5 Å². The first-order valence-corrected chi connectivity index (χ1v) is 6.84. The molecule has 0 heterocycles. The first kappa shape index (κ1) is 13.7. The molecular formula is C10H21NO2S. The van der Waals surface area contributed by atoms with Crippen molar-refractivity contribution in [1.29, 1.82) is 0 Å². The van der Waals surface area contributed by atoms with Crippen molar-refractivity contribution in [3.63, 3.8) is 0 Å². The smallest absolute Gasteiger partial charge is 0.150 e. The van der Waals surface area contributed by atoms with Crippen LogP contribution in [-0.2, 0) is 9.84 Å². The molecule has 1 N–H and O–H groups in total. The van der Waals surface area contributed by atoms with Crippen LogP contribution in [0.15, 0.2) is 11.6 Å². The second-order valence-corrected chi connectivity index (χ2v) is 5.90. The van der Waals surface area contributed by atoms with Crippen molar-refractivity contribution in [1.82, 2.24) is 5.32 Å². The van der Waals surface area contributed by atoms with Gasteiger partial charge in [-0.1, -0.05) is 18.6 Å². The van der Waals surface area contributed by atoms with Gasteiger partial charge in [0.15, 0.2) is 0 Å². The van der Waals surface area contributed by atoms with Crippen LogP contribution >= 0.6 is 0 Å². The minimum absolute atomic E-state index is 0.247. The summed E-state index contributed by atoms with van der Waals surface area (Å²) < 4.78 is 22.4. The van der Waals surface area contributed by atoms with Gasteiger partial charge in [0, 0.05) is 5.75 Å². The Morgan fingerprint density at radius 2 is 2.07 bits per heavy atom. The summed E-state index contributed by atoms with van der Waals surface area (Å²) >= 11 is 0. The van der Waals surface area contributed by atoms with Crippen molar-refractivity contribution >= 4 is 9.84 Å². The Balaban J connectivity index is 3.84. The molecule has 4 heteroatoms. The molecular weight excluding hydrogens is 198 g/mol. The third-order valence-electron chi connectivity index (χ3n) is 2.13. The molecule has 14 heavy (non-hydrogen) atoms. The highest BCUT2D eigenvalue weighted by Gasteiger charge is 2.06. The number of hydrogen-bond acceptors (Lipinski definition) is 3. The highest BCUT2D eigenvalue weighted by Crippen LogP contribution is 2.04. The highest BCUT2D eigenvalue weighted by molar-refractivity contribution is 7.91.